The Morgan fingerprint density at radius 1 is 1.28 bits per heavy atom. The van der Waals surface area contributed by atoms with Crippen LogP contribution in [0.2, 0.25) is 0 Å². The van der Waals surface area contributed by atoms with E-state index in [4.69, 9.17) is 5.11 Å². The molecule has 1 fully saturated rings. The van der Waals surface area contributed by atoms with E-state index in [1.54, 1.807) is 0 Å². The molecule has 0 aliphatic carbocycles. The van der Waals surface area contributed by atoms with E-state index in [1.807, 2.05) is 16.7 Å². The van der Waals surface area contributed by atoms with Crippen molar-refractivity contribution in [2.75, 3.05) is 24.6 Å². The van der Waals surface area contributed by atoms with Crippen molar-refractivity contribution in [1.29, 1.82) is 0 Å². The molecule has 0 aromatic heterocycles. The summed E-state index contributed by atoms with van der Waals surface area (Å²) in [5.74, 6) is 1.22. The molecule has 0 aromatic rings. The Morgan fingerprint density at radius 2 is 1.94 bits per heavy atom. The molecule has 0 aromatic carbocycles. The molecule has 1 rings (SSSR count). The molecule has 0 saturated carbocycles. The zero-order chi connectivity index (χ0) is 13.4. The first-order valence-electron chi connectivity index (χ1n) is 6.73. The minimum atomic E-state index is -0.725. The number of carbonyl (C=O) groups is 2. The lowest BCUT2D eigenvalue weighted by Gasteiger charge is -2.30. The van der Waals surface area contributed by atoms with Crippen molar-refractivity contribution in [2.24, 2.45) is 5.92 Å². The number of aliphatic carboxylic acids is 1. The number of carboxylic acid groups (broad SMARTS) is 1. The fourth-order valence-corrected chi connectivity index (χ4v) is 3.06. The highest BCUT2D eigenvalue weighted by Crippen LogP contribution is 2.18. The summed E-state index contributed by atoms with van der Waals surface area (Å²) < 4.78 is 0. The Kier molecular flexibility index (Phi) is 7.16. The van der Waals surface area contributed by atoms with Crippen molar-refractivity contribution >= 4 is 23.6 Å². The van der Waals surface area contributed by atoms with Gasteiger partial charge in [-0.15, -0.1) is 0 Å². The lowest BCUT2D eigenvalue weighted by molar-refractivity contribution is -0.145. The number of thioether (sulfide) groups is 1. The van der Waals surface area contributed by atoms with Crippen LogP contribution < -0.4 is 0 Å². The molecule has 0 unspecified atom stereocenters. The van der Waals surface area contributed by atoms with Crippen molar-refractivity contribution in [3.8, 4) is 0 Å². The number of unbranched alkanes of at least 4 members (excludes halogenated alkanes) is 1. The van der Waals surface area contributed by atoms with Crippen LogP contribution in [0.1, 0.15) is 39.0 Å². The van der Waals surface area contributed by atoms with Crippen LogP contribution in [0, 0.1) is 5.92 Å². The summed E-state index contributed by atoms with van der Waals surface area (Å²) in [6.07, 6.45) is 4.20. The fourth-order valence-electron chi connectivity index (χ4n) is 2.04. The lowest BCUT2D eigenvalue weighted by atomic mass is 9.97. The largest absolute Gasteiger partial charge is 0.481 e. The summed E-state index contributed by atoms with van der Waals surface area (Å²) >= 11 is 1.83. The smallest absolute Gasteiger partial charge is 0.306 e. The minimum Gasteiger partial charge on any atom is -0.481 e. The molecule has 1 saturated heterocycles. The Balaban J connectivity index is 2.14. The Hall–Kier alpha value is -0.710. The van der Waals surface area contributed by atoms with E-state index in [9.17, 15) is 9.59 Å². The molecule has 0 radical (unpaired) electrons. The van der Waals surface area contributed by atoms with Gasteiger partial charge >= 0.3 is 5.97 Å². The van der Waals surface area contributed by atoms with Gasteiger partial charge in [-0.2, -0.15) is 11.8 Å². The van der Waals surface area contributed by atoms with Crippen molar-refractivity contribution in [3.63, 3.8) is 0 Å². The molecular weight excluding hydrogens is 250 g/mol. The van der Waals surface area contributed by atoms with E-state index in [0.717, 1.165) is 11.5 Å². The van der Waals surface area contributed by atoms with Gasteiger partial charge in [-0.25, -0.2) is 0 Å². The SMILES string of the molecule is CCCCSCCC(=O)N1CCC(C(=O)O)CC1. The second-order valence-corrected chi connectivity index (χ2v) is 5.93. The molecule has 1 aliphatic heterocycles. The molecule has 0 spiro atoms. The van der Waals surface area contributed by atoms with Gasteiger partial charge in [-0.3, -0.25) is 9.59 Å². The second-order valence-electron chi connectivity index (χ2n) is 4.71. The average Bonchev–Trinajstić information content (AvgIpc) is 2.38. The van der Waals surface area contributed by atoms with Crippen molar-refractivity contribution < 1.29 is 14.7 Å². The van der Waals surface area contributed by atoms with Crippen LogP contribution in [0.3, 0.4) is 0 Å². The van der Waals surface area contributed by atoms with E-state index in [0.29, 0.717) is 32.4 Å². The van der Waals surface area contributed by atoms with Crippen LogP contribution in [0.25, 0.3) is 0 Å². The number of likely N-dealkylation sites (tertiary alicyclic amines) is 1. The maximum atomic E-state index is 11.9. The number of nitrogens with zero attached hydrogens (tertiary/aromatic N) is 1. The first-order valence-corrected chi connectivity index (χ1v) is 7.89. The van der Waals surface area contributed by atoms with Gasteiger partial charge in [0.1, 0.15) is 0 Å². The highest BCUT2D eigenvalue weighted by atomic mass is 32.2. The van der Waals surface area contributed by atoms with Crippen LogP contribution in [-0.2, 0) is 9.59 Å². The van der Waals surface area contributed by atoms with E-state index in [1.165, 1.54) is 12.8 Å². The third kappa shape index (κ3) is 5.29. The predicted molar refractivity (Wildman–Crippen MR) is 73.8 cm³/mol. The van der Waals surface area contributed by atoms with E-state index < -0.39 is 5.97 Å². The number of hydrogen-bond donors (Lipinski definition) is 1. The average molecular weight is 273 g/mol. The van der Waals surface area contributed by atoms with Gasteiger partial charge in [0.2, 0.25) is 5.91 Å². The quantitative estimate of drug-likeness (QED) is 0.723. The number of rotatable bonds is 7. The third-order valence-electron chi connectivity index (χ3n) is 3.30. The molecule has 1 amide bonds. The summed E-state index contributed by atoms with van der Waals surface area (Å²) in [4.78, 5) is 24.5. The van der Waals surface area contributed by atoms with E-state index in [-0.39, 0.29) is 11.8 Å². The molecule has 5 heteroatoms. The first kappa shape index (κ1) is 15.3. The number of carbonyl (C=O) groups excluding carboxylic acids is 1. The van der Waals surface area contributed by atoms with Crippen LogP contribution in [0.5, 0.6) is 0 Å². The molecule has 0 atom stereocenters. The summed E-state index contributed by atoms with van der Waals surface area (Å²) in [6.45, 7) is 3.38. The lowest BCUT2D eigenvalue weighted by Crippen LogP contribution is -2.40. The van der Waals surface area contributed by atoms with Gasteiger partial charge in [0.05, 0.1) is 5.92 Å². The molecular formula is C13H23NO3S. The number of carboxylic acids is 1. The Morgan fingerprint density at radius 3 is 2.50 bits per heavy atom. The fraction of sp³-hybridized carbons (Fsp3) is 0.846. The van der Waals surface area contributed by atoms with E-state index in [2.05, 4.69) is 6.92 Å². The van der Waals surface area contributed by atoms with E-state index >= 15 is 0 Å². The Labute approximate surface area is 113 Å². The monoisotopic (exact) mass is 273 g/mol. The summed E-state index contributed by atoms with van der Waals surface area (Å²) in [6, 6.07) is 0. The molecule has 1 heterocycles. The van der Waals surface area contributed by atoms with Gasteiger partial charge < -0.3 is 10.0 Å². The highest BCUT2D eigenvalue weighted by molar-refractivity contribution is 7.99. The van der Waals surface area contributed by atoms with Crippen molar-refractivity contribution in [1.82, 2.24) is 4.90 Å². The normalized spacial score (nSPS) is 16.8. The summed E-state index contributed by atoms with van der Waals surface area (Å²) in [5, 5.41) is 8.88. The maximum Gasteiger partial charge on any atom is 0.306 e. The molecule has 0 bridgehead atoms. The molecule has 4 nitrogen and oxygen atoms in total. The topological polar surface area (TPSA) is 57.6 Å². The van der Waals surface area contributed by atoms with Crippen LogP contribution in [0.15, 0.2) is 0 Å². The van der Waals surface area contributed by atoms with Gasteiger partial charge in [0, 0.05) is 25.3 Å². The van der Waals surface area contributed by atoms with Crippen molar-refractivity contribution in [3.05, 3.63) is 0 Å². The maximum absolute atomic E-state index is 11.9. The molecule has 104 valence electrons. The first-order chi connectivity index (χ1) is 8.65. The third-order valence-corrected chi connectivity index (χ3v) is 4.37. The highest BCUT2D eigenvalue weighted by Gasteiger charge is 2.26. The van der Waals surface area contributed by atoms with Crippen LogP contribution in [-0.4, -0.2) is 46.5 Å². The van der Waals surface area contributed by atoms with Gasteiger partial charge in [0.25, 0.3) is 0 Å². The molecule has 1 aliphatic rings. The number of hydrogen-bond acceptors (Lipinski definition) is 3. The second kappa shape index (κ2) is 8.40. The molecule has 1 N–H and O–H groups in total. The zero-order valence-electron chi connectivity index (χ0n) is 11.1. The molecule has 18 heavy (non-hydrogen) atoms. The predicted octanol–water partition coefficient (Wildman–Crippen LogP) is 2.23. The van der Waals surface area contributed by atoms with Gasteiger partial charge in [0.15, 0.2) is 0 Å². The number of amides is 1. The van der Waals surface area contributed by atoms with Gasteiger partial charge in [-0.05, 0) is 25.0 Å². The number of piperidine rings is 1. The minimum absolute atomic E-state index is 0.183. The van der Waals surface area contributed by atoms with Crippen LogP contribution >= 0.6 is 11.8 Å². The standard InChI is InChI=1S/C13H23NO3S/c1-2-3-9-18-10-6-12(15)14-7-4-11(5-8-14)13(16)17/h11H,2-10H2,1H3,(H,16,17). The van der Waals surface area contributed by atoms with Crippen LogP contribution in [0.4, 0.5) is 0 Å². The van der Waals surface area contributed by atoms with Gasteiger partial charge in [-0.1, -0.05) is 13.3 Å². The Bertz CT molecular complexity index is 275. The summed E-state index contributed by atoms with van der Waals surface area (Å²) in [5.41, 5.74) is 0. The summed E-state index contributed by atoms with van der Waals surface area (Å²) in [7, 11) is 0. The van der Waals surface area contributed by atoms with Crippen molar-refractivity contribution in [2.45, 2.75) is 39.0 Å². The zero-order valence-corrected chi connectivity index (χ0v) is 11.9.